The molecular weight excluding hydrogens is 459 g/mol. The van der Waals surface area contributed by atoms with Crippen LogP contribution >= 0.6 is 39.1 Å². The van der Waals surface area contributed by atoms with Crippen molar-refractivity contribution in [2.24, 2.45) is 5.10 Å². The van der Waals surface area contributed by atoms with Crippen LogP contribution < -0.4 is 4.74 Å². The lowest BCUT2D eigenvalue weighted by molar-refractivity contribution is -0.0190. The van der Waals surface area contributed by atoms with Gasteiger partial charge in [-0.1, -0.05) is 75.5 Å². The highest BCUT2D eigenvalue weighted by molar-refractivity contribution is 9.10. The van der Waals surface area contributed by atoms with Crippen molar-refractivity contribution in [3.63, 3.8) is 0 Å². The number of fused-ring (bicyclic) bond motifs is 3. The van der Waals surface area contributed by atoms with Crippen molar-refractivity contribution < 1.29 is 4.74 Å². The van der Waals surface area contributed by atoms with Crippen LogP contribution in [-0.4, -0.2) is 10.7 Å². The van der Waals surface area contributed by atoms with Crippen molar-refractivity contribution in [1.29, 1.82) is 0 Å². The zero-order valence-electron chi connectivity index (χ0n) is 14.6. The third-order valence-electron chi connectivity index (χ3n) is 5.09. The van der Waals surface area contributed by atoms with E-state index in [1.54, 1.807) is 6.07 Å². The van der Waals surface area contributed by atoms with Gasteiger partial charge in [0.2, 0.25) is 6.23 Å². The number of ether oxygens (including phenoxy) is 1. The minimum Gasteiger partial charge on any atom is -0.464 e. The van der Waals surface area contributed by atoms with Gasteiger partial charge in [-0.15, -0.1) is 0 Å². The molecule has 0 unspecified atom stereocenters. The van der Waals surface area contributed by atoms with Crippen molar-refractivity contribution in [2.45, 2.75) is 18.7 Å². The van der Waals surface area contributed by atoms with Crippen LogP contribution in [0, 0.1) is 0 Å². The number of hydrazone groups is 1. The van der Waals surface area contributed by atoms with E-state index in [1.165, 1.54) is 0 Å². The van der Waals surface area contributed by atoms with Crippen LogP contribution in [0.15, 0.2) is 76.3 Å². The molecule has 28 heavy (non-hydrogen) atoms. The van der Waals surface area contributed by atoms with Crippen molar-refractivity contribution >= 4 is 44.8 Å². The molecule has 6 heteroatoms. The quantitative estimate of drug-likeness (QED) is 0.400. The van der Waals surface area contributed by atoms with Gasteiger partial charge in [-0.3, -0.25) is 0 Å². The van der Waals surface area contributed by atoms with E-state index in [1.807, 2.05) is 47.5 Å². The van der Waals surface area contributed by atoms with Crippen LogP contribution in [-0.2, 0) is 0 Å². The van der Waals surface area contributed by atoms with Crippen LogP contribution in [0.3, 0.4) is 0 Å². The molecule has 2 aliphatic heterocycles. The second-order valence-electron chi connectivity index (χ2n) is 6.83. The summed E-state index contributed by atoms with van der Waals surface area (Å²) in [6, 6.07) is 21.9. The summed E-state index contributed by atoms with van der Waals surface area (Å²) in [5.74, 6) is 0.852. The fourth-order valence-corrected chi connectivity index (χ4v) is 4.65. The van der Waals surface area contributed by atoms with Gasteiger partial charge >= 0.3 is 0 Å². The topological polar surface area (TPSA) is 24.8 Å². The van der Waals surface area contributed by atoms with Gasteiger partial charge in [0.1, 0.15) is 5.75 Å². The van der Waals surface area contributed by atoms with Crippen molar-refractivity contribution in [3.8, 4) is 5.75 Å². The second-order valence-corrected chi connectivity index (χ2v) is 8.59. The monoisotopic (exact) mass is 472 g/mol. The Hall–Kier alpha value is -2.01. The van der Waals surface area contributed by atoms with E-state index in [-0.39, 0.29) is 6.04 Å². The average molecular weight is 474 g/mol. The number of rotatable bonds is 2. The van der Waals surface area contributed by atoms with Crippen molar-refractivity contribution in [3.05, 3.63) is 97.9 Å². The highest BCUT2D eigenvalue weighted by Crippen LogP contribution is 2.49. The normalized spacial score (nSPS) is 20.2. The predicted molar refractivity (Wildman–Crippen MR) is 116 cm³/mol. The molecular formula is C22H15BrCl2N2O. The van der Waals surface area contributed by atoms with Crippen LogP contribution in [0.5, 0.6) is 5.75 Å². The number of hydrogen-bond donors (Lipinski definition) is 0. The van der Waals surface area contributed by atoms with Crippen molar-refractivity contribution in [1.82, 2.24) is 5.01 Å². The summed E-state index contributed by atoms with van der Waals surface area (Å²) in [5.41, 5.74) is 4.12. The van der Waals surface area contributed by atoms with Gasteiger partial charge < -0.3 is 4.74 Å². The maximum Gasteiger partial charge on any atom is 0.215 e. The fourth-order valence-electron chi connectivity index (χ4n) is 3.77. The van der Waals surface area contributed by atoms with E-state index in [9.17, 15) is 0 Å². The lowest BCUT2D eigenvalue weighted by Crippen LogP contribution is -2.33. The Morgan fingerprint density at radius 1 is 0.964 bits per heavy atom. The second kappa shape index (κ2) is 7.11. The highest BCUT2D eigenvalue weighted by Gasteiger charge is 2.41. The average Bonchev–Trinajstić information content (AvgIpc) is 3.14. The molecule has 0 amide bonds. The zero-order chi connectivity index (χ0) is 19.3. The largest absolute Gasteiger partial charge is 0.464 e. The summed E-state index contributed by atoms with van der Waals surface area (Å²) in [7, 11) is 0. The molecule has 2 atom stereocenters. The molecule has 0 saturated heterocycles. The first-order valence-corrected chi connectivity index (χ1v) is 10.5. The summed E-state index contributed by atoms with van der Waals surface area (Å²) in [6.07, 6.45) is 0.392. The number of nitrogens with zero attached hydrogens (tertiary/aromatic N) is 2. The molecule has 140 valence electrons. The molecule has 3 aromatic rings. The molecule has 0 aromatic heterocycles. The Bertz CT molecular complexity index is 1090. The van der Waals surface area contributed by atoms with Crippen LogP contribution in [0.1, 0.15) is 35.4 Å². The highest BCUT2D eigenvalue weighted by atomic mass is 79.9. The Morgan fingerprint density at radius 2 is 1.79 bits per heavy atom. The summed E-state index contributed by atoms with van der Waals surface area (Å²) >= 11 is 16.2. The van der Waals surface area contributed by atoms with Gasteiger partial charge in [-0.25, -0.2) is 5.01 Å². The minimum absolute atomic E-state index is 0.0770. The first-order valence-electron chi connectivity index (χ1n) is 8.92. The van der Waals surface area contributed by atoms with E-state index in [2.05, 4.69) is 34.1 Å². The van der Waals surface area contributed by atoms with E-state index in [0.29, 0.717) is 10.0 Å². The number of halogens is 3. The smallest absolute Gasteiger partial charge is 0.215 e. The first-order chi connectivity index (χ1) is 13.6. The summed E-state index contributed by atoms with van der Waals surface area (Å²) < 4.78 is 7.38. The van der Waals surface area contributed by atoms with Gasteiger partial charge in [0, 0.05) is 27.0 Å². The summed E-state index contributed by atoms with van der Waals surface area (Å²) in [6.45, 7) is 0. The Balaban J connectivity index is 1.63. The van der Waals surface area contributed by atoms with Crippen LogP contribution in [0.4, 0.5) is 0 Å². The third kappa shape index (κ3) is 3.10. The first kappa shape index (κ1) is 18.0. The molecule has 2 aliphatic rings. The fraction of sp³-hybridized carbons (Fsp3) is 0.136. The molecule has 3 aromatic carbocycles. The third-order valence-corrected chi connectivity index (χ3v) is 6.14. The SMILES string of the molecule is Clc1ccc([C@H]2Oc3ccc(Br)cc3[C@H]3CC(c4ccccc4)=NN32)c(Cl)c1. The molecule has 0 bridgehead atoms. The lowest BCUT2D eigenvalue weighted by Gasteiger charge is -2.38. The molecule has 0 N–H and O–H groups in total. The zero-order valence-corrected chi connectivity index (χ0v) is 17.7. The number of benzene rings is 3. The van der Waals surface area contributed by atoms with Gasteiger partial charge in [-0.2, -0.15) is 5.10 Å². The summed E-state index contributed by atoms with van der Waals surface area (Å²) in [4.78, 5) is 0. The van der Waals surface area contributed by atoms with E-state index < -0.39 is 6.23 Å². The maximum atomic E-state index is 6.51. The van der Waals surface area contributed by atoms with Gasteiger partial charge in [-0.05, 0) is 35.9 Å². The molecule has 3 nitrogen and oxygen atoms in total. The Labute approximate surface area is 181 Å². The maximum absolute atomic E-state index is 6.51. The molecule has 0 fully saturated rings. The lowest BCUT2D eigenvalue weighted by atomic mass is 9.96. The van der Waals surface area contributed by atoms with Crippen molar-refractivity contribution in [2.75, 3.05) is 0 Å². The number of hydrogen-bond acceptors (Lipinski definition) is 3. The van der Waals surface area contributed by atoms with Gasteiger partial charge in [0.15, 0.2) is 0 Å². The van der Waals surface area contributed by atoms with E-state index >= 15 is 0 Å². The van der Waals surface area contributed by atoms with Gasteiger partial charge in [0.05, 0.1) is 16.8 Å². The van der Waals surface area contributed by atoms with E-state index in [0.717, 1.165) is 39.0 Å². The van der Waals surface area contributed by atoms with Crippen LogP contribution in [0.25, 0.3) is 0 Å². The molecule has 2 heterocycles. The molecule has 0 radical (unpaired) electrons. The van der Waals surface area contributed by atoms with Gasteiger partial charge in [0.25, 0.3) is 0 Å². The predicted octanol–water partition coefficient (Wildman–Crippen LogP) is 7.00. The molecule has 0 saturated carbocycles. The molecule has 5 rings (SSSR count). The Morgan fingerprint density at radius 3 is 2.57 bits per heavy atom. The van der Waals surface area contributed by atoms with E-state index in [4.69, 9.17) is 33.0 Å². The summed E-state index contributed by atoms with van der Waals surface area (Å²) in [5, 5.41) is 8.14. The minimum atomic E-state index is -0.412. The Kier molecular flexibility index (Phi) is 4.58. The van der Waals surface area contributed by atoms with Crippen LogP contribution in [0.2, 0.25) is 10.0 Å². The molecule has 0 aliphatic carbocycles. The standard InChI is InChI=1S/C22H15BrCl2N2O/c23-14-6-9-21-17(10-14)20-12-19(13-4-2-1-3-5-13)26-27(20)22(28-21)16-8-7-15(24)11-18(16)25/h1-11,20,22H,12H2/t20-,22-/m1/s1. The molecule has 0 spiro atoms.